The van der Waals surface area contributed by atoms with Gasteiger partial charge in [-0.25, -0.2) is 0 Å². The van der Waals surface area contributed by atoms with Crippen LogP contribution in [0.5, 0.6) is 0 Å². The number of hydrogen-bond acceptors (Lipinski definition) is 6. The van der Waals surface area contributed by atoms with Gasteiger partial charge >= 0.3 is 5.97 Å². The fourth-order valence-corrected chi connectivity index (χ4v) is 4.68. The summed E-state index contributed by atoms with van der Waals surface area (Å²) < 4.78 is 0. The first-order valence-corrected chi connectivity index (χ1v) is 12.6. The molecule has 3 aliphatic rings. The third-order valence-corrected chi connectivity index (χ3v) is 6.86. The molecule has 35 heavy (non-hydrogen) atoms. The fourth-order valence-electron chi connectivity index (χ4n) is 4.68. The molecule has 3 rings (SSSR count). The van der Waals surface area contributed by atoms with Gasteiger partial charge in [0.05, 0.1) is 6.54 Å². The molecule has 0 bridgehead atoms. The van der Waals surface area contributed by atoms with Gasteiger partial charge in [0.1, 0.15) is 24.3 Å². The maximum absolute atomic E-state index is 13.6. The topological polar surface area (TPSA) is 140 Å². The van der Waals surface area contributed by atoms with Gasteiger partial charge in [-0.3, -0.25) is 24.2 Å². The van der Waals surface area contributed by atoms with Crippen molar-refractivity contribution in [1.29, 1.82) is 0 Å². The summed E-state index contributed by atoms with van der Waals surface area (Å²) in [5.74, 6) is -2.05. The molecule has 0 radical (unpaired) electrons. The average molecular weight is 490 g/mol. The van der Waals surface area contributed by atoms with Crippen LogP contribution in [0.1, 0.15) is 65.7 Å². The molecule has 2 fully saturated rings. The van der Waals surface area contributed by atoms with Crippen LogP contribution in [0.4, 0.5) is 0 Å². The molecule has 10 heteroatoms. The van der Waals surface area contributed by atoms with E-state index in [4.69, 9.17) is 0 Å². The van der Waals surface area contributed by atoms with E-state index in [-0.39, 0.29) is 12.5 Å². The van der Waals surface area contributed by atoms with Crippen molar-refractivity contribution < 1.29 is 24.3 Å². The number of carboxylic acid groups (broad SMARTS) is 1. The predicted octanol–water partition coefficient (Wildman–Crippen LogP) is 1.42. The molecule has 0 saturated heterocycles. The second-order valence-corrected chi connectivity index (χ2v) is 11.0. The number of carboxylic acids is 1. The first-order chi connectivity index (χ1) is 16.6. The Labute approximate surface area is 207 Å². The van der Waals surface area contributed by atoms with E-state index in [0.717, 1.165) is 44.9 Å². The van der Waals surface area contributed by atoms with Crippen LogP contribution in [0.25, 0.3) is 0 Å². The summed E-state index contributed by atoms with van der Waals surface area (Å²) in [6, 6.07) is -1.72. The SMILES string of the molecule is CC(C)(C)[C@H](NC(=O)[C@@H](NC(=O)C1=NC=CNC1)C1CCCCC1)C(=O)N(CC(=O)O)CC1CC1. The molecule has 4 N–H and O–H groups in total. The Morgan fingerprint density at radius 1 is 1.11 bits per heavy atom. The van der Waals surface area contributed by atoms with Crippen LogP contribution >= 0.6 is 0 Å². The number of carbonyl (C=O) groups is 4. The molecule has 1 aliphatic heterocycles. The second kappa shape index (κ2) is 11.7. The molecule has 2 saturated carbocycles. The van der Waals surface area contributed by atoms with Gasteiger partial charge in [-0.2, -0.15) is 0 Å². The fraction of sp³-hybridized carbons (Fsp3) is 0.720. The van der Waals surface area contributed by atoms with Crippen molar-refractivity contribution >= 4 is 29.4 Å². The van der Waals surface area contributed by atoms with Crippen molar-refractivity contribution in [3.05, 3.63) is 12.4 Å². The van der Waals surface area contributed by atoms with Crippen molar-refractivity contribution in [2.24, 2.45) is 22.2 Å². The van der Waals surface area contributed by atoms with Gasteiger partial charge in [0.15, 0.2) is 0 Å². The van der Waals surface area contributed by atoms with Crippen LogP contribution in [0.2, 0.25) is 0 Å². The summed E-state index contributed by atoms with van der Waals surface area (Å²) in [4.78, 5) is 56.9. The summed E-state index contributed by atoms with van der Waals surface area (Å²) >= 11 is 0. The summed E-state index contributed by atoms with van der Waals surface area (Å²) in [6.07, 6.45) is 9.75. The molecule has 0 unspecified atom stereocenters. The number of carbonyl (C=O) groups excluding carboxylic acids is 3. The molecular weight excluding hydrogens is 450 g/mol. The smallest absolute Gasteiger partial charge is 0.323 e. The number of aliphatic carboxylic acids is 1. The molecule has 3 amide bonds. The molecule has 0 aromatic rings. The van der Waals surface area contributed by atoms with Crippen LogP contribution in [0.3, 0.4) is 0 Å². The summed E-state index contributed by atoms with van der Waals surface area (Å²) in [7, 11) is 0. The zero-order chi connectivity index (χ0) is 25.6. The Morgan fingerprint density at radius 2 is 1.80 bits per heavy atom. The lowest BCUT2D eigenvalue weighted by atomic mass is 9.82. The van der Waals surface area contributed by atoms with E-state index in [1.54, 1.807) is 6.20 Å². The van der Waals surface area contributed by atoms with E-state index in [1.165, 1.54) is 11.1 Å². The number of hydrogen-bond donors (Lipinski definition) is 4. The standard InChI is InChI=1S/C25H39N5O5/c1-25(2,3)21(24(35)30(15-19(31)32)14-16-9-10-16)29-23(34)20(17-7-5-4-6-8-17)28-22(33)18-13-26-11-12-27-18/h11-12,16-17,20-21,26H,4-10,13-15H2,1-3H3,(H,28,33)(H,29,34)(H,31,32)/t20-,21+/m0/s1. The molecule has 0 aromatic heterocycles. The predicted molar refractivity (Wildman–Crippen MR) is 131 cm³/mol. The number of aliphatic imine (C=N–C) groups is 1. The van der Waals surface area contributed by atoms with Gasteiger partial charge in [0.2, 0.25) is 11.8 Å². The lowest BCUT2D eigenvalue weighted by molar-refractivity contribution is -0.148. The normalized spacial score (nSPS) is 20.1. The van der Waals surface area contributed by atoms with Crippen LogP contribution in [-0.2, 0) is 19.2 Å². The molecule has 0 spiro atoms. The van der Waals surface area contributed by atoms with E-state index < -0.39 is 47.7 Å². The van der Waals surface area contributed by atoms with Crippen molar-refractivity contribution in [3.8, 4) is 0 Å². The van der Waals surface area contributed by atoms with Crippen molar-refractivity contribution in [2.75, 3.05) is 19.6 Å². The third-order valence-electron chi connectivity index (χ3n) is 6.86. The van der Waals surface area contributed by atoms with Crippen molar-refractivity contribution in [3.63, 3.8) is 0 Å². The lowest BCUT2D eigenvalue weighted by Gasteiger charge is -2.37. The van der Waals surface area contributed by atoms with Gasteiger partial charge in [0, 0.05) is 18.9 Å². The number of rotatable bonds is 10. The Morgan fingerprint density at radius 3 is 2.34 bits per heavy atom. The maximum Gasteiger partial charge on any atom is 0.323 e. The minimum Gasteiger partial charge on any atom is -0.480 e. The quantitative estimate of drug-likeness (QED) is 0.366. The molecule has 1 heterocycles. The highest BCUT2D eigenvalue weighted by atomic mass is 16.4. The first kappa shape index (κ1) is 26.7. The van der Waals surface area contributed by atoms with Gasteiger partial charge in [-0.05, 0) is 42.9 Å². The van der Waals surface area contributed by atoms with E-state index >= 15 is 0 Å². The van der Waals surface area contributed by atoms with E-state index in [1.807, 2.05) is 20.8 Å². The first-order valence-electron chi connectivity index (χ1n) is 12.6. The van der Waals surface area contributed by atoms with Gasteiger partial charge in [0.25, 0.3) is 5.91 Å². The molecule has 2 aliphatic carbocycles. The summed E-state index contributed by atoms with van der Waals surface area (Å²) in [6.45, 7) is 5.77. The minimum atomic E-state index is -1.08. The van der Waals surface area contributed by atoms with E-state index in [0.29, 0.717) is 18.2 Å². The zero-order valence-corrected chi connectivity index (χ0v) is 21.0. The van der Waals surface area contributed by atoms with Gasteiger partial charge in [-0.1, -0.05) is 40.0 Å². The number of nitrogens with zero attached hydrogens (tertiary/aromatic N) is 2. The maximum atomic E-state index is 13.6. The average Bonchev–Trinajstić information content (AvgIpc) is 3.64. The monoisotopic (exact) mass is 489 g/mol. The molecule has 2 atom stereocenters. The van der Waals surface area contributed by atoms with Crippen LogP contribution < -0.4 is 16.0 Å². The summed E-state index contributed by atoms with van der Waals surface area (Å²) in [5.41, 5.74) is -0.363. The molecule has 194 valence electrons. The highest BCUT2D eigenvalue weighted by Crippen LogP contribution is 2.31. The van der Waals surface area contributed by atoms with Crippen LogP contribution in [0.15, 0.2) is 17.4 Å². The molecule has 0 aromatic carbocycles. The van der Waals surface area contributed by atoms with Crippen LogP contribution in [0, 0.1) is 17.3 Å². The van der Waals surface area contributed by atoms with Crippen LogP contribution in [-0.4, -0.2) is 71.1 Å². The Bertz CT molecular complexity index is 868. The molecule has 10 nitrogen and oxygen atoms in total. The van der Waals surface area contributed by atoms with Gasteiger partial charge < -0.3 is 26.0 Å². The number of nitrogens with one attached hydrogen (secondary N) is 3. The van der Waals surface area contributed by atoms with E-state index in [9.17, 15) is 24.3 Å². The van der Waals surface area contributed by atoms with Crippen molar-refractivity contribution in [2.45, 2.75) is 77.8 Å². The zero-order valence-electron chi connectivity index (χ0n) is 21.0. The van der Waals surface area contributed by atoms with Gasteiger partial charge in [-0.15, -0.1) is 0 Å². The lowest BCUT2D eigenvalue weighted by Crippen LogP contribution is -2.61. The Hall–Kier alpha value is -2.91. The second-order valence-electron chi connectivity index (χ2n) is 11.0. The number of amides is 3. The summed E-state index contributed by atoms with van der Waals surface area (Å²) in [5, 5.41) is 18.1. The Balaban J connectivity index is 1.79. The largest absolute Gasteiger partial charge is 0.480 e. The van der Waals surface area contributed by atoms with Crippen molar-refractivity contribution in [1.82, 2.24) is 20.9 Å². The third kappa shape index (κ3) is 7.80. The highest BCUT2D eigenvalue weighted by molar-refractivity contribution is 6.40. The Kier molecular flexibility index (Phi) is 8.91. The molecular formula is C25H39N5O5. The highest BCUT2D eigenvalue weighted by Gasteiger charge is 2.41. The van der Waals surface area contributed by atoms with E-state index in [2.05, 4.69) is 20.9 Å². The minimum absolute atomic E-state index is 0.0438.